The molecule has 192 valence electrons. The molecule has 1 aliphatic carbocycles. The van der Waals surface area contributed by atoms with Gasteiger partial charge in [-0.3, -0.25) is 9.59 Å². The quantitative estimate of drug-likeness (QED) is 0.307. The number of nitrogens with one attached hydrogen (secondary N) is 1. The highest BCUT2D eigenvalue weighted by Crippen LogP contribution is 2.42. The van der Waals surface area contributed by atoms with Crippen LogP contribution in [0.2, 0.25) is 0 Å². The largest absolute Gasteiger partial charge is 0.416 e. The summed E-state index contributed by atoms with van der Waals surface area (Å²) in [5.74, 6) is 0.596. The second-order valence-electron chi connectivity index (χ2n) is 9.02. The van der Waals surface area contributed by atoms with Crippen LogP contribution in [0.25, 0.3) is 6.08 Å². The van der Waals surface area contributed by atoms with Crippen molar-refractivity contribution in [3.8, 4) is 0 Å². The molecule has 0 radical (unpaired) electrons. The number of fused-ring (bicyclic) bond motifs is 1. The van der Waals surface area contributed by atoms with E-state index in [1.807, 2.05) is 11.8 Å². The SMILES string of the molecule is CN1C(=O)/C(=C/c2ccc(C(F)(F)F)cc2)Sc2ccc(C(=O)NCCCSC3CCCCC3)cc21. The zero-order valence-electron chi connectivity index (χ0n) is 20.1. The van der Waals surface area contributed by atoms with Gasteiger partial charge in [0.25, 0.3) is 11.8 Å². The van der Waals surface area contributed by atoms with Crippen LogP contribution in [0.3, 0.4) is 0 Å². The maximum Gasteiger partial charge on any atom is 0.416 e. The van der Waals surface area contributed by atoms with Crippen LogP contribution < -0.4 is 10.2 Å². The molecular weight excluding hydrogens is 505 g/mol. The number of nitrogens with zero attached hydrogens (tertiary/aromatic N) is 1. The van der Waals surface area contributed by atoms with E-state index in [9.17, 15) is 22.8 Å². The highest BCUT2D eigenvalue weighted by Gasteiger charge is 2.30. The van der Waals surface area contributed by atoms with E-state index >= 15 is 0 Å². The van der Waals surface area contributed by atoms with Gasteiger partial charge in [0.2, 0.25) is 0 Å². The lowest BCUT2D eigenvalue weighted by Crippen LogP contribution is -2.31. The van der Waals surface area contributed by atoms with Gasteiger partial charge in [0, 0.05) is 29.3 Å². The van der Waals surface area contributed by atoms with Crippen LogP contribution in [-0.2, 0) is 11.0 Å². The van der Waals surface area contributed by atoms with Crippen LogP contribution in [0.1, 0.15) is 60.0 Å². The monoisotopic (exact) mass is 534 g/mol. The topological polar surface area (TPSA) is 49.4 Å². The number of anilines is 1. The number of carbonyl (C=O) groups excluding carboxylic acids is 2. The molecular formula is C27H29F3N2O2S2. The second kappa shape index (κ2) is 11.8. The number of benzene rings is 2. The Bertz CT molecular complexity index is 1130. The highest BCUT2D eigenvalue weighted by molar-refractivity contribution is 8.04. The lowest BCUT2D eigenvalue weighted by Gasteiger charge is -2.27. The standard InChI is InChI=1S/C27H29F3N2O2S2/c1-32-22-17-19(25(33)31-14-5-15-35-21-6-3-2-4-7-21)10-13-23(22)36-24(26(32)34)16-18-8-11-20(12-9-18)27(28,29)30/h8-13,16-17,21H,2-7,14-15H2,1H3,(H,31,33)/b24-16-. The molecule has 0 aromatic heterocycles. The molecule has 0 unspecified atom stereocenters. The average molecular weight is 535 g/mol. The third-order valence-corrected chi connectivity index (χ3v) is 8.91. The van der Waals surface area contributed by atoms with Crippen molar-refractivity contribution in [1.29, 1.82) is 0 Å². The Kier molecular flexibility index (Phi) is 8.72. The molecule has 0 spiro atoms. The predicted molar refractivity (Wildman–Crippen MR) is 141 cm³/mol. The summed E-state index contributed by atoms with van der Waals surface area (Å²) in [5, 5.41) is 3.73. The molecule has 0 bridgehead atoms. The van der Waals surface area contributed by atoms with Crippen LogP contribution in [-0.4, -0.2) is 36.4 Å². The minimum atomic E-state index is -4.40. The first kappa shape index (κ1) is 26.7. The van der Waals surface area contributed by atoms with Gasteiger partial charge in [-0.05, 0) is 67.0 Å². The number of halogens is 3. The summed E-state index contributed by atoms with van der Waals surface area (Å²) in [7, 11) is 1.63. The number of carbonyl (C=O) groups is 2. The summed E-state index contributed by atoms with van der Waals surface area (Å²) in [4.78, 5) is 28.3. The maximum absolute atomic E-state index is 12.9. The summed E-state index contributed by atoms with van der Waals surface area (Å²) in [6, 6.07) is 9.94. The van der Waals surface area contributed by atoms with Gasteiger partial charge < -0.3 is 10.2 Å². The first-order chi connectivity index (χ1) is 17.2. The van der Waals surface area contributed by atoms with Crippen molar-refractivity contribution >= 4 is 47.1 Å². The molecule has 9 heteroatoms. The molecule has 1 N–H and O–H groups in total. The van der Waals surface area contributed by atoms with E-state index < -0.39 is 11.7 Å². The van der Waals surface area contributed by atoms with Crippen LogP contribution in [0.4, 0.5) is 18.9 Å². The molecule has 1 heterocycles. The van der Waals surface area contributed by atoms with E-state index in [-0.39, 0.29) is 11.8 Å². The highest BCUT2D eigenvalue weighted by atomic mass is 32.2. The zero-order valence-corrected chi connectivity index (χ0v) is 21.7. The van der Waals surface area contributed by atoms with Crippen molar-refractivity contribution < 1.29 is 22.8 Å². The number of thioether (sulfide) groups is 2. The lowest BCUT2D eigenvalue weighted by atomic mass is 10.0. The Morgan fingerprint density at radius 2 is 1.86 bits per heavy atom. The fraction of sp³-hybridized carbons (Fsp3) is 0.407. The first-order valence-electron chi connectivity index (χ1n) is 12.1. The fourth-order valence-electron chi connectivity index (χ4n) is 4.31. The Labute approximate surface area is 218 Å². The van der Waals surface area contributed by atoms with Gasteiger partial charge >= 0.3 is 6.18 Å². The van der Waals surface area contributed by atoms with E-state index in [0.717, 1.165) is 34.5 Å². The average Bonchev–Trinajstić information content (AvgIpc) is 2.87. The van der Waals surface area contributed by atoms with E-state index in [1.54, 1.807) is 31.3 Å². The van der Waals surface area contributed by atoms with Crippen LogP contribution in [0.5, 0.6) is 0 Å². The number of hydrogen-bond acceptors (Lipinski definition) is 4. The van der Waals surface area contributed by atoms with Gasteiger partial charge in [-0.1, -0.05) is 43.2 Å². The lowest BCUT2D eigenvalue weighted by molar-refractivity contribution is -0.137. The maximum atomic E-state index is 12.9. The first-order valence-corrected chi connectivity index (χ1v) is 14.0. The molecule has 4 nitrogen and oxygen atoms in total. The molecule has 4 rings (SSSR count). The fourth-order valence-corrected chi connectivity index (χ4v) is 6.72. The van der Waals surface area contributed by atoms with Crippen LogP contribution in [0.15, 0.2) is 52.3 Å². The molecule has 36 heavy (non-hydrogen) atoms. The van der Waals surface area contributed by atoms with E-state index in [0.29, 0.717) is 28.3 Å². The van der Waals surface area contributed by atoms with Crippen molar-refractivity contribution in [2.24, 2.45) is 0 Å². The van der Waals surface area contributed by atoms with Crippen molar-refractivity contribution in [1.82, 2.24) is 5.32 Å². The molecule has 1 aliphatic heterocycles. The Morgan fingerprint density at radius 3 is 2.56 bits per heavy atom. The smallest absolute Gasteiger partial charge is 0.352 e. The van der Waals surface area contributed by atoms with E-state index in [1.165, 1.54) is 60.9 Å². The normalized spacial score (nSPS) is 17.8. The van der Waals surface area contributed by atoms with Gasteiger partial charge in [-0.2, -0.15) is 24.9 Å². The van der Waals surface area contributed by atoms with Gasteiger partial charge in [0.05, 0.1) is 16.2 Å². The minimum Gasteiger partial charge on any atom is -0.352 e. The van der Waals surface area contributed by atoms with Crippen LogP contribution in [0, 0.1) is 0 Å². The summed E-state index contributed by atoms with van der Waals surface area (Å²) in [6.45, 7) is 0.610. The van der Waals surface area contributed by atoms with Crippen molar-refractivity contribution in [3.63, 3.8) is 0 Å². The van der Waals surface area contributed by atoms with Gasteiger partial charge in [-0.15, -0.1) is 0 Å². The summed E-state index contributed by atoms with van der Waals surface area (Å²) in [5.41, 5.74) is 0.899. The molecule has 2 aromatic carbocycles. The summed E-state index contributed by atoms with van der Waals surface area (Å²) < 4.78 is 38.4. The Balaban J connectivity index is 1.35. The summed E-state index contributed by atoms with van der Waals surface area (Å²) in [6.07, 6.45) is 4.71. The summed E-state index contributed by atoms with van der Waals surface area (Å²) >= 11 is 3.26. The molecule has 2 amide bonds. The molecule has 0 atom stereocenters. The van der Waals surface area contributed by atoms with Crippen molar-refractivity contribution in [2.75, 3.05) is 24.2 Å². The number of rotatable bonds is 7. The number of likely N-dealkylation sites (N-methyl/N-ethyl adjacent to an activating group) is 1. The van der Waals surface area contributed by atoms with E-state index in [2.05, 4.69) is 5.32 Å². The predicted octanol–water partition coefficient (Wildman–Crippen LogP) is 7.00. The third kappa shape index (κ3) is 6.68. The van der Waals surface area contributed by atoms with Gasteiger partial charge in [-0.25, -0.2) is 0 Å². The molecule has 0 saturated heterocycles. The molecule has 2 aliphatic rings. The van der Waals surface area contributed by atoms with Crippen molar-refractivity contribution in [2.45, 2.75) is 54.8 Å². The molecule has 2 aromatic rings. The van der Waals surface area contributed by atoms with Crippen molar-refractivity contribution in [3.05, 3.63) is 64.1 Å². The third-order valence-electron chi connectivity index (χ3n) is 6.37. The van der Waals surface area contributed by atoms with E-state index in [4.69, 9.17) is 0 Å². The number of amides is 2. The molecule has 1 fully saturated rings. The zero-order chi connectivity index (χ0) is 25.7. The van der Waals surface area contributed by atoms with Gasteiger partial charge in [0.15, 0.2) is 0 Å². The minimum absolute atomic E-state index is 0.169. The Hall–Kier alpha value is -2.39. The van der Waals surface area contributed by atoms with Crippen LogP contribution >= 0.6 is 23.5 Å². The second-order valence-corrected chi connectivity index (χ2v) is 11.5. The Morgan fingerprint density at radius 1 is 1.14 bits per heavy atom. The van der Waals surface area contributed by atoms with Gasteiger partial charge in [0.1, 0.15) is 0 Å². The molecule has 1 saturated carbocycles. The number of hydrogen-bond donors (Lipinski definition) is 1. The number of alkyl halides is 3.